The number of nitrogens with two attached hydrogens (primary N) is 1. The van der Waals surface area contributed by atoms with E-state index in [0.717, 1.165) is 12.8 Å². The van der Waals surface area contributed by atoms with Gasteiger partial charge in [0, 0.05) is 20.2 Å². The van der Waals surface area contributed by atoms with Crippen LogP contribution in [0.25, 0.3) is 0 Å². The molecule has 1 aliphatic carbocycles. The van der Waals surface area contributed by atoms with Gasteiger partial charge in [-0.15, -0.1) is 0 Å². The van der Waals surface area contributed by atoms with Crippen molar-refractivity contribution in [2.45, 2.75) is 30.9 Å². The van der Waals surface area contributed by atoms with Crippen molar-refractivity contribution in [3.8, 4) is 0 Å². The van der Waals surface area contributed by atoms with E-state index in [-0.39, 0.29) is 5.60 Å². The van der Waals surface area contributed by atoms with Crippen LogP contribution >= 0.6 is 0 Å². The number of carboxylic acid groups (broad SMARTS) is 1. The maximum absolute atomic E-state index is 10.4. The smallest absolute Gasteiger partial charge is 0.321 e. The molecule has 0 aliphatic heterocycles. The van der Waals surface area contributed by atoms with Gasteiger partial charge in [-0.3, -0.25) is 4.79 Å². The molecule has 0 aromatic rings. The van der Waals surface area contributed by atoms with Gasteiger partial charge in [-0.05, 0) is 19.3 Å². The molecule has 0 bridgehead atoms. The normalized spacial score (nSPS) is 21.3. The molecule has 1 saturated carbocycles. The number of hydrogen-bond donors (Lipinski definition) is 3. The van der Waals surface area contributed by atoms with Crippen LogP contribution in [0.1, 0.15) is 19.3 Å². The average molecular weight is 202 g/mol. The average Bonchev–Trinajstić information content (AvgIpc) is 2.09. The molecule has 1 aliphatic rings. The molecule has 1 fully saturated rings. The lowest BCUT2D eigenvalue weighted by Crippen LogP contribution is -2.51. The van der Waals surface area contributed by atoms with Crippen molar-refractivity contribution in [2.24, 2.45) is 5.73 Å². The lowest BCUT2D eigenvalue weighted by molar-refractivity contribution is -0.138. The third-order valence-electron chi connectivity index (χ3n) is 2.83. The zero-order valence-corrected chi connectivity index (χ0v) is 8.45. The zero-order chi connectivity index (χ0) is 10.6. The summed E-state index contributed by atoms with van der Waals surface area (Å²) < 4.78 is 5.37. The van der Waals surface area contributed by atoms with E-state index < -0.39 is 12.0 Å². The molecule has 0 radical (unpaired) electrons. The van der Waals surface area contributed by atoms with Crippen molar-refractivity contribution in [3.05, 3.63) is 0 Å². The van der Waals surface area contributed by atoms with Crippen molar-refractivity contribution in [1.82, 2.24) is 5.32 Å². The fourth-order valence-electron chi connectivity index (χ4n) is 1.57. The fourth-order valence-corrected chi connectivity index (χ4v) is 1.57. The molecule has 1 rings (SSSR count). The Bertz CT molecular complexity index is 199. The second kappa shape index (κ2) is 4.72. The molecule has 0 aromatic carbocycles. The molecular weight excluding hydrogens is 184 g/mol. The van der Waals surface area contributed by atoms with E-state index >= 15 is 0 Å². The summed E-state index contributed by atoms with van der Waals surface area (Å²) in [6.07, 6.45) is 3.26. The highest BCUT2D eigenvalue weighted by Crippen LogP contribution is 2.34. The molecule has 0 spiro atoms. The van der Waals surface area contributed by atoms with Gasteiger partial charge in [0.15, 0.2) is 0 Å². The van der Waals surface area contributed by atoms with E-state index in [4.69, 9.17) is 15.6 Å². The number of carboxylic acids is 1. The largest absolute Gasteiger partial charge is 0.480 e. The highest BCUT2D eigenvalue weighted by molar-refractivity contribution is 5.73. The summed E-state index contributed by atoms with van der Waals surface area (Å²) in [4.78, 5) is 10.4. The SMILES string of the molecule is COC1(CNCC(N)C(=O)O)CCC1. The maximum Gasteiger partial charge on any atom is 0.321 e. The van der Waals surface area contributed by atoms with Gasteiger partial charge < -0.3 is 20.9 Å². The first-order valence-electron chi connectivity index (χ1n) is 4.84. The first-order valence-corrected chi connectivity index (χ1v) is 4.84. The Morgan fingerprint density at radius 3 is 2.71 bits per heavy atom. The van der Waals surface area contributed by atoms with Gasteiger partial charge in [-0.25, -0.2) is 0 Å². The van der Waals surface area contributed by atoms with E-state index in [9.17, 15) is 4.79 Å². The van der Waals surface area contributed by atoms with Crippen LogP contribution in [0.4, 0.5) is 0 Å². The minimum atomic E-state index is -0.974. The van der Waals surface area contributed by atoms with E-state index in [1.165, 1.54) is 6.42 Å². The quantitative estimate of drug-likeness (QED) is 0.543. The van der Waals surface area contributed by atoms with Crippen LogP contribution in [0.15, 0.2) is 0 Å². The third kappa shape index (κ3) is 2.67. The summed E-state index contributed by atoms with van der Waals surface area (Å²) in [7, 11) is 1.69. The Kier molecular flexibility index (Phi) is 3.86. The molecule has 1 atom stereocenters. The molecule has 1 unspecified atom stereocenters. The highest BCUT2D eigenvalue weighted by Gasteiger charge is 2.36. The molecular formula is C9H18N2O3. The second-order valence-electron chi connectivity index (χ2n) is 3.82. The van der Waals surface area contributed by atoms with Crippen molar-refractivity contribution < 1.29 is 14.6 Å². The fraction of sp³-hybridized carbons (Fsp3) is 0.889. The van der Waals surface area contributed by atoms with E-state index in [0.29, 0.717) is 13.1 Å². The second-order valence-corrected chi connectivity index (χ2v) is 3.82. The predicted molar refractivity (Wildman–Crippen MR) is 52.1 cm³/mol. The standard InChI is InChI=1S/C9H18N2O3/c1-14-9(3-2-4-9)6-11-5-7(10)8(12)13/h7,11H,2-6,10H2,1H3,(H,12,13). The van der Waals surface area contributed by atoms with Crippen LogP contribution in [0, 0.1) is 0 Å². The van der Waals surface area contributed by atoms with Crippen LogP contribution < -0.4 is 11.1 Å². The van der Waals surface area contributed by atoms with Crippen molar-refractivity contribution in [3.63, 3.8) is 0 Å². The Morgan fingerprint density at radius 2 is 2.36 bits per heavy atom. The first-order chi connectivity index (χ1) is 6.59. The molecule has 0 aromatic heterocycles. The lowest BCUT2D eigenvalue weighted by Gasteiger charge is -2.40. The number of aliphatic carboxylic acids is 1. The van der Waals surface area contributed by atoms with Crippen molar-refractivity contribution in [1.29, 1.82) is 0 Å². The zero-order valence-electron chi connectivity index (χ0n) is 8.45. The number of nitrogens with one attached hydrogen (secondary N) is 1. The van der Waals surface area contributed by atoms with Crippen molar-refractivity contribution in [2.75, 3.05) is 20.2 Å². The third-order valence-corrected chi connectivity index (χ3v) is 2.83. The highest BCUT2D eigenvalue weighted by atomic mass is 16.5. The van der Waals surface area contributed by atoms with Gasteiger partial charge >= 0.3 is 5.97 Å². The molecule has 5 nitrogen and oxygen atoms in total. The summed E-state index contributed by atoms with van der Waals surface area (Å²) in [6, 6.07) is -0.830. The van der Waals surface area contributed by atoms with E-state index in [1.807, 2.05) is 0 Å². The van der Waals surface area contributed by atoms with Gasteiger partial charge in [0.2, 0.25) is 0 Å². The van der Waals surface area contributed by atoms with Gasteiger partial charge in [-0.1, -0.05) is 0 Å². The summed E-state index contributed by atoms with van der Waals surface area (Å²) >= 11 is 0. The summed E-state index contributed by atoms with van der Waals surface area (Å²) in [5, 5.41) is 11.6. The molecule has 0 saturated heterocycles. The van der Waals surface area contributed by atoms with Crippen LogP contribution in [0.5, 0.6) is 0 Å². The topological polar surface area (TPSA) is 84.6 Å². The van der Waals surface area contributed by atoms with Gasteiger partial charge in [-0.2, -0.15) is 0 Å². The number of ether oxygens (including phenoxy) is 1. The monoisotopic (exact) mass is 202 g/mol. The summed E-state index contributed by atoms with van der Waals surface area (Å²) in [6.45, 7) is 0.977. The Morgan fingerprint density at radius 1 is 1.71 bits per heavy atom. The van der Waals surface area contributed by atoms with Crippen LogP contribution in [-0.4, -0.2) is 42.9 Å². The van der Waals surface area contributed by atoms with E-state index in [2.05, 4.69) is 5.32 Å². The summed E-state index contributed by atoms with van der Waals surface area (Å²) in [5.74, 6) is -0.974. The molecule has 0 heterocycles. The van der Waals surface area contributed by atoms with Gasteiger partial charge in [0.25, 0.3) is 0 Å². The first kappa shape index (κ1) is 11.4. The Hall–Kier alpha value is -0.650. The van der Waals surface area contributed by atoms with Crippen LogP contribution in [0.2, 0.25) is 0 Å². The molecule has 82 valence electrons. The lowest BCUT2D eigenvalue weighted by atomic mass is 9.80. The van der Waals surface area contributed by atoms with Crippen LogP contribution in [0.3, 0.4) is 0 Å². The number of methoxy groups -OCH3 is 1. The van der Waals surface area contributed by atoms with Crippen molar-refractivity contribution >= 4 is 5.97 Å². The van der Waals surface area contributed by atoms with Crippen LogP contribution in [-0.2, 0) is 9.53 Å². The molecule has 14 heavy (non-hydrogen) atoms. The Labute approximate surface area is 83.6 Å². The minimum Gasteiger partial charge on any atom is -0.480 e. The molecule has 5 heteroatoms. The number of rotatable bonds is 6. The minimum absolute atomic E-state index is 0.0712. The summed E-state index contributed by atoms with van der Waals surface area (Å²) in [5.41, 5.74) is 5.27. The Balaban J connectivity index is 2.17. The predicted octanol–water partition coefficient (Wildman–Crippen LogP) is -0.443. The number of carbonyl (C=O) groups is 1. The molecule has 4 N–H and O–H groups in total. The van der Waals surface area contributed by atoms with Gasteiger partial charge in [0.05, 0.1) is 5.60 Å². The molecule has 0 amide bonds. The number of hydrogen-bond acceptors (Lipinski definition) is 4. The maximum atomic E-state index is 10.4. The van der Waals surface area contributed by atoms with E-state index in [1.54, 1.807) is 7.11 Å². The van der Waals surface area contributed by atoms with Gasteiger partial charge in [0.1, 0.15) is 6.04 Å².